The Hall–Kier alpha value is -1.25. The summed E-state index contributed by atoms with van der Waals surface area (Å²) in [6.45, 7) is 2.81. The first-order chi connectivity index (χ1) is 8.65. The number of anilines is 1. The summed E-state index contributed by atoms with van der Waals surface area (Å²) in [4.78, 5) is 4.28. The van der Waals surface area contributed by atoms with Crippen molar-refractivity contribution in [2.75, 3.05) is 11.9 Å². The molecule has 0 amide bonds. The second-order valence-electron chi connectivity index (χ2n) is 4.13. The molecule has 0 aliphatic rings. The fourth-order valence-corrected chi connectivity index (χ4v) is 2.13. The molecule has 1 N–H and O–H groups in total. The molecule has 18 heavy (non-hydrogen) atoms. The fourth-order valence-electron chi connectivity index (χ4n) is 1.62. The molecule has 0 unspecified atom stereocenters. The molecule has 0 fully saturated rings. The fraction of sp³-hybridized carbons (Fsp3) is 0.214. The molecule has 2 rings (SSSR count). The predicted molar refractivity (Wildman–Crippen MR) is 77.6 cm³/mol. The lowest BCUT2D eigenvalue weighted by molar-refractivity contribution is 1.01. The van der Waals surface area contributed by atoms with E-state index in [0.717, 1.165) is 29.9 Å². The summed E-state index contributed by atoms with van der Waals surface area (Å²) in [6, 6.07) is 9.58. The van der Waals surface area contributed by atoms with E-state index in [2.05, 4.69) is 10.3 Å². The third-order valence-corrected chi connectivity index (χ3v) is 3.21. The molecule has 0 atom stereocenters. The number of rotatable bonds is 4. The molecule has 2 aromatic rings. The summed E-state index contributed by atoms with van der Waals surface area (Å²) in [5.74, 6) is 0.880. The van der Waals surface area contributed by atoms with Crippen molar-refractivity contribution in [1.82, 2.24) is 4.98 Å². The Labute approximate surface area is 117 Å². The molecular weight excluding hydrogens is 267 g/mol. The van der Waals surface area contributed by atoms with E-state index in [1.54, 1.807) is 6.07 Å². The van der Waals surface area contributed by atoms with E-state index < -0.39 is 0 Å². The van der Waals surface area contributed by atoms with Crippen molar-refractivity contribution in [3.05, 3.63) is 57.7 Å². The van der Waals surface area contributed by atoms with Crippen molar-refractivity contribution < 1.29 is 0 Å². The molecule has 0 radical (unpaired) electrons. The Morgan fingerprint density at radius 3 is 2.67 bits per heavy atom. The number of benzene rings is 1. The van der Waals surface area contributed by atoms with Gasteiger partial charge in [0.2, 0.25) is 0 Å². The van der Waals surface area contributed by atoms with Crippen LogP contribution in [0.3, 0.4) is 0 Å². The van der Waals surface area contributed by atoms with Crippen molar-refractivity contribution in [2.45, 2.75) is 13.3 Å². The lowest BCUT2D eigenvalue weighted by Crippen LogP contribution is -2.06. The summed E-state index contributed by atoms with van der Waals surface area (Å²) in [6.07, 6.45) is 2.68. The largest absolute Gasteiger partial charge is 0.370 e. The first-order valence-electron chi connectivity index (χ1n) is 5.75. The van der Waals surface area contributed by atoms with E-state index in [4.69, 9.17) is 23.2 Å². The Morgan fingerprint density at radius 1 is 1.17 bits per heavy atom. The average molecular weight is 281 g/mol. The van der Waals surface area contributed by atoms with Gasteiger partial charge in [0.15, 0.2) is 0 Å². The number of aromatic nitrogens is 1. The number of aryl methyl sites for hydroxylation is 1. The smallest absolute Gasteiger partial charge is 0.125 e. The number of pyridine rings is 1. The lowest BCUT2D eigenvalue weighted by Gasteiger charge is -2.07. The minimum Gasteiger partial charge on any atom is -0.370 e. The van der Waals surface area contributed by atoms with Crippen LogP contribution in [0, 0.1) is 6.92 Å². The molecular formula is C14H14Cl2N2. The van der Waals surface area contributed by atoms with Gasteiger partial charge < -0.3 is 5.32 Å². The van der Waals surface area contributed by atoms with Crippen LogP contribution in [0.25, 0.3) is 0 Å². The van der Waals surface area contributed by atoms with Crippen molar-refractivity contribution >= 4 is 29.0 Å². The number of hydrogen-bond donors (Lipinski definition) is 1. The van der Waals surface area contributed by atoms with Gasteiger partial charge in [-0.2, -0.15) is 0 Å². The van der Waals surface area contributed by atoms with Crippen LogP contribution in [-0.2, 0) is 6.42 Å². The van der Waals surface area contributed by atoms with E-state index >= 15 is 0 Å². The van der Waals surface area contributed by atoms with Crippen LogP contribution in [0.15, 0.2) is 36.5 Å². The van der Waals surface area contributed by atoms with Crippen molar-refractivity contribution in [3.63, 3.8) is 0 Å². The molecule has 0 saturated carbocycles. The van der Waals surface area contributed by atoms with Crippen molar-refractivity contribution in [2.24, 2.45) is 0 Å². The summed E-state index contributed by atoms with van der Waals surface area (Å²) < 4.78 is 0. The molecule has 0 bridgehead atoms. The van der Waals surface area contributed by atoms with E-state index in [-0.39, 0.29) is 0 Å². The first-order valence-corrected chi connectivity index (χ1v) is 6.51. The normalized spacial score (nSPS) is 10.4. The third-order valence-electron chi connectivity index (χ3n) is 2.63. The summed E-state index contributed by atoms with van der Waals surface area (Å²) in [5, 5.41) is 4.63. The lowest BCUT2D eigenvalue weighted by atomic mass is 10.1. The van der Waals surface area contributed by atoms with Crippen LogP contribution in [0.4, 0.5) is 5.82 Å². The SMILES string of the molecule is Cc1ccc(NCCc2ccc(Cl)cc2Cl)nc1. The van der Waals surface area contributed by atoms with Gasteiger partial charge in [-0.3, -0.25) is 0 Å². The van der Waals surface area contributed by atoms with Crippen molar-refractivity contribution in [3.8, 4) is 0 Å². The van der Waals surface area contributed by atoms with Gasteiger partial charge in [0, 0.05) is 22.8 Å². The highest BCUT2D eigenvalue weighted by atomic mass is 35.5. The molecule has 0 aliphatic carbocycles. The predicted octanol–water partition coefficient (Wildman–Crippen LogP) is 4.35. The molecule has 1 heterocycles. The second-order valence-corrected chi connectivity index (χ2v) is 4.98. The highest BCUT2D eigenvalue weighted by Gasteiger charge is 2.01. The number of nitrogens with one attached hydrogen (secondary N) is 1. The van der Waals surface area contributed by atoms with Gasteiger partial charge >= 0.3 is 0 Å². The van der Waals surface area contributed by atoms with Crippen LogP contribution >= 0.6 is 23.2 Å². The standard InChI is InChI=1S/C14H14Cl2N2/c1-10-2-5-14(18-9-10)17-7-6-11-3-4-12(15)8-13(11)16/h2-5,8-9H,6-7H2,1H3,(H,17,18). The Kier molecular flexibility index (Phi) is 4.45. The van der Waals surface area contributed by atoms with E-state index in [0.29, 0.717) is 10.0 Å². The first kappa shape index (κ1) is 13.2. The number of halogens is 2. The number of nitrogens with zero attached hydrogens (tertiary/aromatic N) is 1. The number of hydrogen-bond acceptors (Lipinski definition) is 2. The molecule has 0 spiro atoms. The monoisotopic (exact) mass is 280 g/mol. The summed E-state index contributed by atoms with van der Waals surface area (Å²) in [5.41, 5.74) is 2.24. The van der Waals surface area contributed by atoms with Gasteiger partial charge in [0.05, 0.1) is 0 Å². The van der Waals surface area contributed by atoms with Gasteiger partial charge in [0.25, 0.3) is 0 Å². The van der Waals surface area contributed by atoms with E-state index in [1.165, 1.54) is 0 Å². The maximum absolute atomic E-state index is 6.10. The third kappa shape index (κ3) is 3.62. The Bertz CT molecular complexity index is 524. The average Bonchev–Trinajstić information content (AvgIpc) is 2.34. The zero-order valence-corrected chi connectivity index (χ0v) is 11.6. The Balaban J connectivity index is 1.90. The summed E-state index contributed by atoms with van der Waals surface area (Å²) in [7, 11) is 0. The van der Waals surface area contributed by atoms with E-state index in [9.17, 15) is 0 Å². The molecule has 1 aromatic carbocycles. The minimum absolute atomic E-state index is 0.664. The van der Waals surface area contributed by atoms with Gasteiger partial charge in [-0.1, -0.05) is 35.3 Å². The minimum atomic E-state index is 0.664. The highest BCUT2D eigenvalue weighted by molar-refractivity contribution is 6.35. The molecule has 4 heteroatoms. The maximum atomic E-state index is 6.10. The molecule has 2 nitrogen and oxygen atoms in total. The maximum Gasteiger partial charge on any atom is 0.125 e. The molecule has 0 aliphatic heterocycles. The molecule has 94 valence electrons. The van der Waals surface area contributed by atoms with Crippen LogP contribution in [0.1, 0.15) is 11.1 Å². The quantitative estimate of drug-likeness (QED) is 0.901. The van der Waals surface area contributed by atoms with Crippen LogP contribution in [0.5, 0.6) is 0 Å². The zero-order chi connectivity index (χ0) is 13.0. The van der Waals surface area contributed by atoms with Crippen LogP contribution in [0.2, 0.25) is 10.0 Å². The highest BCUT2D eigenvalue weighted by Crippen LogP contribution is 2.21. The van der Waals surface area contributed by atoms with Gasteiger partial charge in [-0.25, -0.2) is 4.98 Å². The zero-order valence-electron chi connectivity index (χ0n) is 10.1. The van der Waals surface area contributed by atoms with E-state index in [1.807, 2.05) is 37.4 Å². The van der Waals surface area contributed by atoms with Crippen molar-refractivity contribution in [1.29, 1.82) is 0 Å². The van der Waals surface area contributed by atoms with Crippen LogP contribution in [-0.4, -0.2) is 11.5 Å². The van der Waals surface area contributed by atoms with Gasteiger partial charge in [-0.15, -0.1) is 0 Å². The molecule has 1 aromatic heterocycles. The molecule has 0 saturated heterocycles. The topological polar surface area (TPSA) is 24.9 Å². The second kappa shape index (κ2) is 6.07. The van der Waals surface area contributed by atoms with Gasteiger partial charge in [0.1, 0.15) is 5.82 Å². The van der Waals surface area contributed by atoms with Gasteiger partial charge in [-0.05, 0) is 42.7 Å². The Morgan fingerprint density at radius 2 is 2.00 bits per heavy atom. The summed E-state index contributed by atoms with van der Waals surface area (Å²) >= 11 is 12.0. The van der Waals surface area contributed by atoms with Crippen LogP contribution < -0.4 is 5.32 Å².